The van der Waals surface area contributed by atoms with E-state index in [2.05, 4.69) is 12.2 Å². The summed E-state index contributed by atoms with van der Waals surface area (Å²) in [4.78, 5) is 0. The number of benzene rings is 1. The van der Waals surface area contributed by atoms with E-state index in [4.69, 9.17) is 4.74 Å². The summed E-state index contributed by atoms with van der Waals surface area (Å²) in [5, 5.41) is 3.57. The molecule has 0 aliphatic carbocycles. The predicted molar refractivity (Wildman–Crippen MR) is 79.3 cm³/mol. The van der Waals surface area contributed by atoms with Crippen molar-refractivity contribution in [3.63, 3.8) is 0 Å². The van der Waals surface area contributed by atoms with Gasteiger partial charge in [-0.05, 0) is 37.1 Å². The largest absolute Gasteiger partial charge is 0.375 e. The zero-order valence-corrected chi connectivity index (χ0v) is 12.2. The van der Waals surface area contributed by atoms with Gasteiger partial charge >= 0.3 is 0 Å². The van der Waals surface area contributed by atoms with Gasteiger partial charge < -0.3 is 10.1 Å². The maximum absolute atomic E-state index is 12.9. The summed E-state index contributed by atoms with van der Waals surface area (Å²) in [5.74, 6) is 1.96. The van der Waals surface area contributed by atoms with E-state index in [1.165, 1.54) is 12.1 Å². The lowest BCUT2D eigenvalue weighted by Gasteiger charge is -2.31. The molecule has 2 unspecified atom stereocenters. The van der Waals surface area contributed by atoms with Crippen LogP contribution >= 0.6 is 11.8 Å². The zero-order valence-electron chi connectivity index (χ0n) is 11.4. The lowest BCUT2D eigenvalue weighted by molar-refractivity contribution is 0.0472. The smallest absolute Gasteiger partial charge is 0.123 e. The van der Waals surface area contributed by atoms with Crippen molar-refractivity contribution in [3.8, 4) is 0 Å². The van der Waals surface area contributed by atoms with Crippen LogP contribution in [0.15, 0.2) is 24.3 Å². The van der Waals surface area contributed by atoms with Crippen molar-refractivity contribution in [1.82, 2.24) is 5.32 Å². The Hall–Kier alpha value is -0.580. The lowest BCUT2D eigenvalue weighted by atomic mass is 10.0. The second-order valence-corrected chi connectivity index (χ2v) is 6.03. The van der Waals surface area contributed by atoms with Crippen molar-refractivity contribution >= 4 is 11.8 Å². The molecule has 1 N–H and O–H groups in total. The van der Waals surface area contributed by atoms with E-state index >= 15 is 0 Å². The summed E-state index contributed by atoms with van der Waals surface area (Å²) < 4.78 is 18.8. The first-order chi connectivity index (χ1) is 9.29. The van der Waals surface area contributed by atoms with Gasteiger partial charge in [0.1, 0.15) is 5.82 Å². The van der Waals surface area contributed by atoms with Gasteiger partial charge in [-0.1, -0.05) is 19.1 Å². The van der Waals surface area contributed by atoms with Gasteiger partial charge in [0.05, 0.1) is 12.7 Å². The molecule has 1 aliphatic rings. The highest BCUT2D eigenvalue weighted by molar-refractivity contribution is 7.99. The van der Waals surface area contributed by atoms with Crippen LogP contribution < -0.4 is 5.32 Å². The summed E-state index contributed by atoms with van der Waals surface area (Å²) in [6.07, 6.45) is 2.26. The molecule has 0 amide bonds. The molecule has 0 radical (unpaired) electrons. The van der Waals surface area contributed by atoms with Crippen molar-refractivity contribution in [1.29, 1.82) is 0 Å². The Balaban J connectivity index is 1.97. The van der Waals surface area contributed by atoms with Gasteiger partial charge in [-0.2, -0.15) is 11.8 Å². The van der Waals surface area contributed by atoms with Crippen LogP contribution in [0.2, 0.25) is 0 Å². The summed E-state index contributed by atoms with van der Waals surface area (Å²) in [7, 11) is 0. The number of thioether (sulfide) groups is 1. The molecule has 1 aromatic carbocycles. The average molecular weight is 283 g/mol. The van der Waals surface area contributed by atoms with Gasteiger partial charge in [-0.25, -0.2) is 4.39 Å². The van der Waals surface area contributed by atoms with Gasteiger partial charge in [0, 0.05) is 17.5 Å². The van der Waals surface area contributed by atoms with Crippen molar-refractivity contribution in [2.75, 3.05) is 24.7 Å². The predicted octanol–water partition coefficient (Wildman–Crippen LogP) is 2.87. The molecule has 1 saturated heterocycles. The summed E-state index contributed by atoms with van der Waals surface area (Å²) >= 11 is 1.95. The van der Waals surface area contributed by atoms with Crippen molar-refractivity contribution < 1.29 is 9.13 Å². The Morgan fingerprint density at radius 1 is 1.42 bits per heavy atom. The highest BCUT2D eigenvalue weighted by Gasteiger charge is 2.24. The third kappa shape index (κ3) is 4.79. The van der Waals surface area contributed by atoms with Crippen LogP contribution in [0, 0.1) is 5.82 Å². The molecule has 4 heteroatoms. The topological polar surface area (TPSA) is 21.3 Å². The van der Waals surface area contributed by atoms with Gasteiger partial charge in [0.15, 0.2) is 0 Å². The highest BCUT2D eigenvalue weighted by Crippen LogP contribution is 2.18. The van der Waals surface area contributed by atoms with E-state index in [1.54, 1.807) is 0 Å². The van der Waals surface area contributed by atoms with Crippen LogP contribution in [0.1, 0.15) is 18.9 Å². The number of nitrogens with one attached hydrogen (secondary N) is 1. The summed E-state index contributed by atoms with van der Waals surface area (Å²) in [6.45, 7) is 4.00. The molecule has 0 spiro atoms. The maximum atomic E-state index is 12.9. The second kappa shape index (κ2) is 7.88. The zero-order chi connectivity index (χ0) is 13.5. The Labute approximate surface area is 119 Å². The minimum absolute atomic E-state index is 0.175. The van der Waals surface area contributed by atoms with Crippen LogP contribution in [0.3, 0.4) is 0 Å². The quantitative estimate of drug-likeness (QED) is 0.867. The summed E-state index contributed by atoms with van der Waals surface area (Å²) in [6, 6.07) is 7.11. The van der Waals surface area contributed by atoms with Crippen molar-refractivity contribution in [2.45, 2.75) is 31.9 Å². The summed E-state index contributed by atoms with van der Waals surface area (Å²) in [5.41, 5.74) is 1.16. The molecular formula is C15H22FNOS. The Morgan fingerprint density at radius 3 is 2.84 bits per heavy atom. The number of hydrogen-bond acceptors (Lipinski definition) is 3. The number of ether oxygens (including phenoxy) is 1. The van der Waals surface area contributed by atoms with Crippen molar-refractivity contribution in [2.24, 2.45) is 0 Å². The molecule has 2 atom stereocenters. The van der Waals surface area contributed by atoms with Gasteiger partial charge in [0.2, 0.25) is 0 Å². The molecule has 1 heterocycles. The molecule has 2 rings (SSSR count). The fourth-order valence-corrected chi connectivity index (χ4v) is 3.22. The molecule has 1 fully saturated rings. The Bertz CT molecular complexity index is 365. The number of halogens is 1. The minimum Gasteiger partial charge on any atom is -0.375 e. The molecule has 106 valence electrons. The maximum Gasteiger partial charge on any atom is 0.123 e. The molecule has 1 aliphatic heterocycles. The van der Waals surface area contributed by atoms with E-state index in [0.29, 0.717) is 6.04 Å². The van der Waals surface area contributed by atoms with E-state index in [0.717, 1.165) is 43.1 Å². The monoisotopic (exact) mass is 283 g/mol. The third-order valence-corrected chi connectivity index (χ3v) is 4.34. The van der Waals surface area contributed by atoms with Crippen LogP contribution in [-0.4, -0.2) is 36.8 Å². The molecule has 19 heavy (non-hydrogen) atoms. The normalized spacial score (nSPS) is 21.3. The van der Waals surface area contributed by atoms with Crippen molar-refractivity contribution in [3.05, 3.63) is 35.6 Å². The van der Waals surface area contributed by atoms with E-state index in [1.807, 2.05) is 23.9 Å². The second-order valence-electron chi connectivity index (χ2n) is 4.88. The minimum atomic E-state index is -0.175. The first-order valence-corrected chi connectivity index (χ1v) is 8.12. The number of hydrogen-bond donors (Lipinski definition) is 1. The van der Waals surface area contributed by atoms with Crippen LogP contribution in [0.5, 0.6) is 0 Å². The number of rotatable bonds is 6. The van der Waals surface area contributed by atoms with Crippen LogP contribution in [-0.2, 0) is 11.2 Å². The molecule has 0 bridgehead atoms. The molecule has 1 aromatic rings. The highest BCUT2D eigenvalue weighted by atomic mass is 32.2. The fraction of sp³-hybridized carbons (Fsp3) is 0.600. The fourth-order valence-electron chi connectivity index (χ4n) is 2.28. The standard InChI is InChI=1S/C15H22FNOS/c1-2-7-17-14(15-11-19-9-8-18-15)10-12-3-5-13(16)6-4-12/h3-6,14-15,17H,2,7-11H2,1H3. The molecule has 2 nitrogen and oxygen atoms in total. The van der Waals surface area contributed by atoms with E-state index < -0.39 is 0 Å². The first kappa shape index (κ1) is 14.8. The molecule has 0 saturated carbocycles. The van der Waals surface area contributed by atoms with Gasteiger partial charge in [0.25, 0.3) is 0 Å². The van der Waals surface area contributed by atoms with E-state index in [-0.39, 0.29) is 11.9 Å². The van der Waals surface area contributed by atoms with Crippen LogP contribution in [0.4, 0.5) is 4.39 Å². The van der Waals surface area contributed by atoms with Crippen LogP contribution in [0.25, 0.3) is 0 Å². The van der Waals surface area contributed by atoms with Gasteiger partial charge in [-0.15, -0.1) is 0 Å². The lowest BCUT2D eigenvalue weighted by Crippen LogP contribution is -2.46. The molecule has 0 aromatic heterocycles. The first-order valence-electron chi connectivity index (χ1n) is 6.96. The Morgan fingerprint density at radius 2 is 2.21 bits per heavy atom. The third-order valence-electron chi connectivity index (χ3n) is 3.32. The average Bonchev–Trinajstić information content (AvgIpc) is 2.46. The SMILES string of the molecule is CCCNC(Cc1ccc(F)cc1)C1CSCCO1. The van der Waals surface area contributed by atoms with E-state index in [9.17, 15) is 4.39 Å². The Kier molecular flexibility index (Phi) is 6.14. The molecular weight excluding hydrogens is 261 g/mol. The van der Waals surface area contributed by atoms with Gasteiger partial charge in [-0.3, -0.25) is 0 Å².